The molecular weight excluding hydrogens is 288 g/mol. The summed E-state index contributed by atoms with van der Waals surface area (Å²) >= 11 is 6.02. The number of amides is 1. The van der Waals surface area contributed by atoms with E-state index < -0.39 is 0 Å². The molecule has 1 aliphatic carbocycles. The van der Waals surface area contributed by atoms with E-state index in [0.29, 0.717) is 29.3 Å². The van der Waals surface area contributed by atoms with Crippen molar-refractivity contribution in [1.29, 1.82) is 0 Å². The standard InChI is InChI=1S/C16H23ClN2O2/c1-11(2)18-9-13-7-14(17)5-6-15(13)21-10-16(20)19-8-12-3-4-12/h5-7,11-12,18H,3-4,8-10H2,1-2H3,(H,19,20). The van der Waals surface area contributed by atoms with Crippen LogP contribution in [0.4, 0.5) is 0 Å². The molecule has 21 heavy (non-hydrogen) atoms. The lowest BCUT2D eigenvalue weighted by atomic mass is 10.2. The summed E-state index contributed by atoms with van der Waals surface area (Å²) in [4.78, 5) is 11.7. The van der Waals surface area contributed by atoms with Gasteiger partial charge in [-0.2, -0.15) is 0 Å². The Morgan fingerprint density at radius 3 is 2.86 bits per heavy atom. The molecule has 0 aromatic heterocycles. The summed E-state index contributed by atoms with van der Waals surface area (Å²) in [5.74, 6) is 1.31. The van der Waals surface area contributed by atoms with Gasteiger partial charge in [0.1, 0.15) is 5.75 Å². The second-order valence-electron chi connectivity index (χ2n) is 5.82. The maximum Gasteiger partial charge on any atom is 0.257 e. The van der Waals surface area contributed by atoms with Gasteiger partial charge < -0.3 is 15.4 Å². The van der Waals surface area contributed by atoms with E-state index in [4.69, 9.17) is 16.3 Å². The molecule has 0 unspecified atom stereocenters. The average molecular weight is 311 g/mol. The molecule has 1 amide bonds. The number of carbonyl (C=O) groups excluding carboxylic acids is 1. The Hall–Kier alpha value is -1.26. The van der Waals surface area contributed by atoms with Gasteiger partial charge in [0.05, 0.1) is 0 Å². The van der Waals surface area contributed by atoms with Gasteiger partial charge in [0.15, 0.2) is 6.61 Å². The lowest BCUT2D eigenvalue weighted by molar-refractivity contribution is -0.123. The number of halogens is 1. The van der Waals surface area contributed by atoms with E-state index >= 15 is 0 Å². The summed E-state index contributed by atoms with van der Waals surface area (Å²) < 4.78 is 5.63. The molecule has 5 heteroatoms. The van der Waals surface area contributed by atoms with E-state index in [1.807, 2.05) is 12.1 Å². The maximum atomic E-state index is 11.7. The topological polar surface area (TPSA) is 50.4 Å². The van der Waals surface area contributed by atoms with Crippen molar-refractivity contribution in [2.45, 2.75) is 39.3 Å². The summed E-state index contributed by atoms with van der Waals surface area (Å²) in [6.45, 7) is 5.64. The minimum absolute atomic E-state index is 0.0447. The molecule has 1 aromatic rings. The van der Waals surface area contributed by atoms with E-state index in [1.165, 1.54) is 12.8 Å². The summed E-state index contributed by atoms with van der Waals surface area (Å²) in [7, 11) is 0. The number of hydrogen-bond acceptors (Lipinski definition) is 3. The van der Waals surface area contributed by atoms with Crippen LogP contribution in [0, 0.1) is 5.92 Å². The Labute approximate surface area is 131 Å². The van der Waals surface area contributed by atoms with Crippen molar-refractivity contribution in [3.63, 3.8) is 0 Å². The first-order valence-electron chi connectivity index (χ1n) is 7.46. The first kappa shape index (κ1) is 16.1. The monoisotopic (exact) mass is 310 g/mol. The quantitative estimate of drug-likeness (QED) is 0.776. The Balaban J connectivity index is 1.86. The van der Waals surface area contributed by atoms with Crippen molar-refractivity contribution in [3.8, 4) is 5.75 Å². The molecule has 0 aliphatic heterocycles. The van der Waals surface area contributed by atoms with Crippen LogP contribution in [0.1, 0.15) is 32.3 Å². The fourth-order valence-electron chi connectivity index (χ4n) is 1.92. The third kappa shape index (κ3) is 5.94. The van der Waals surface area contributed by atoms with E-state index in [0.717, 1.165) is 12.1 Å². The third-order valence-corrected chi connectivity index (χ3v) is 3.60. The molecular formula is C16H23ClN2O2. The summed E-state index contributed by atoms with van der Waals surface area (Å²) in [6, 6.07) is 5.83. The highest BCUT2D eigenvalue weighted by Crippen LogP contribution is 2.27. The average Bonchev–Trinajstić information content (AvgIpc) is 3.26. The molecule has 1 saturated carbocycles. The van der Waals surface area contributed by atoms with E-state index in [1.54, 1.807) is 6.07 Å². The molecule has 0 heterocycles. The number of carbonyl (C=O) groups is 1. The zero-order valence-corrected chi connectivity index (χ0v) is 13.4. The summed E-state index contributed by atoms with van der Waals surface area (Å²) in [5.41, 5.74) is 0.964. The largest absolute Gasteiger partial charge is 0.483 e. The van der Waals surface area contributed by atoms with Crippen LogP contribution in [0.2, 0.25) is 5.02 Å². The Kier molecular flexibility index (Phi) is 5.88. The minimum atomic E-state index is -0.0698. The number of benzene rings is 1. The molecule has 0 spiro atoms. The maximum absolute atomic E-state index is 11.7. The number of hydrogen-bond donors (Lipinski definition) is 2. The van der Waals surface area contributed by atoms with Crippen LogP contribution in [0.25, 0.3) is 0 Å². The zero-order valence-electron chi connectivity index (χ0n) is 12.6. The second kappa shape index (κ2) is 7.66. The Bertz CT molecular complexity index is 487. The molecule has 4 nitrogen and oxygen atoms in total. The highest BCUT2D eigenvalue weighted by atomic mass is 35.5. The van der Waals surface area contributed by atoms with Gasteiger partial charge in [-0.25, -0.2) is 0 Å². The molecule has 1 aromatic carbocycles. The van der Waals surface area contributed by atoms with Gasteiger partial charge >= 0.3 is 0 Å². The molecule has 1 fully saturated rings. The Morgan fingerprint density at radius 2 is 2.19 bits per heavy atom. The van der Waals surface area contributed by atoms with Gasteiger partial charge in [0, 0.05) is 29.7 Å². The second-order valence-corrected chi connectivity index (χ2v) is 6.26. The molecule has 0 atom stereocenters. The molecule has 116 valence electrons. The van der Waals surface area contributed by atoms with Crippen molar-refractivity contribution in [3.05, 3.63) is 28.8 Å². The highest BCUT2D eigenvalue weighted by Gasteiger charge is 2.21. The van der Waals surface area contributed by atoms with Gasteiger partial charge in [-0.15, -0.1) is 0 Å². The van der Waals surface area contributed by atoms with Crippen LogP contribution >= 0.6 is 11.6 Å². The van der Waals surface area contributed by atoms with Crippen LogP contribution in [0.5, 0.6) is 5.75 Å². The van der Waals surface area contributed by atoms with E-state index in [-0.39, 0.29) is 12.5 Å². The van der Waals surface area contributed by atoms with Crippen LogP contribution in [0.15, 0.2) is 18.2 Å². The first-order chi connectivity index (χ1) is 10.0. The van der Waals surface area contributed by atoms with Crippen LogP contribution in [-0.2, 0) is 11.3 Å². The molecule has 2 rings (SSSR count). The van der Waals surface area contributed by atoms with Crippen molar-refractivity contribution < 1.29 is 9.53 Å². The lowest BCUT2D eigenvalue weighted by Gasteiger charge is -2.14. The Morgan fingerprint density at radius 1 is 1.43 bits per heavy atom. The van der Waals surface area contributed by atoms with Crippen LogP contribution in [-0.4, -0.2) is 25.1 Å². The fraction of sp³-hybridized carbons (Fsp3) is 0.562. The van der Waals surface area contributed by atoms with Crippen LogP contribution in [0.3, 0.4) is 0 Å². The van der Waals surface area contributed by atoms with E-state index in [2.05, 4.69) is 24.5 Å². The molecule has 0 radical (unpaired) electrons. The number of nitrogens with one attached hydrogen (secondary N) is 2. The molecule has 0 saturated heterocycles. The molecule has 1 aliphatic rings. The van der Waals surface area contributed by atoms with Crippen LogP contribution < -0.4 is 15.4 Å². The SMILES string of the molecule is CC(C)NCc1cc(Cl)ccc1OCC(=O)NCC1CC1. The summed E-state index contributed by atoms with van der Waals surface area (Å²) in [6.07, 6.45) is 2.45. The van der Waals surface area contributed by atoms with Crippen molar-refractivity contribution >= 4 is 17.5 Å². The van der Waals surface area contributed by atoms with E-state index in [9.17, 15) is 4.79 Å². The smallest absolute Gasteiger partial charge is 0.257 e. The first-order valence-corrected chi connectivity index (χ1v) is 7.83. The summed E-state index contributed by atoms with van der Waals surface area (Å²) in [5, 5.41) is 6.88. The highest BCUT2D eigenvalue weighted by molar-refractivity contribution is 6.30. The van der Waals surface area contributed by atoms with Crippen molar-refractivity contribution in [2.24, 2.45) is 5.92 Å². The van der Waals surface area contributed by atoms with Crippen molar-refractivity contribution in [2.75, 3.05) is 13.2 Å². The molecule has 2 N–H and O–H groups in total. The van der Waals surface area contributed by atoms with Gasteiger partial charge in [-0.1, -0.05) is 25.4 Å². The third-order valence-electron chi connectivity index (χ3n) is 3.37. The van der Waals surface area contributed by atoms with Gasteiger partial charge in [-0.3, -0.25) is 4.79 Å². The van der Waals surface area contributed by atoms with Gasteiger partial charge in [0.2, 0.25) is 0 Å². The zero-order chi connectivity index (χ0) is 15.2. The minimum Gasteiger partial charge on any atom is -0.483 e. The molecule has 0 bridgehead atoms. The number of ether oxygens (including phenoxy) is 1. The fourth-order valence-corrected chi connectivity index (χ4v) is 2.11. The normalized spacial score (nSPS) is 14.3. The van der Waals surface area contributed by atoms with Gasteiger partial charge in [-0.05, 0) is 37.0 Å². The number of rotatable bonds is 8. The predicted molar refractivity (Wildman–Crippen MR) is 84.7 cm³/mol. The lowest BCUT2D eigenvalue weighted by Crippen LogP contribution is -2.30. The van der Waals surface area contributed by atoms with Crippen molar-refractivity contribution in [1.82, 2.24) is 10.6 Å². The van der Waals surface area contributed by atoms with Gasteiger partial charge in [0.25, 0.3) is 5.91 Å². The predicted octanol–water partition coefficient (Wildman–Crippen LogP) is 2.74.